The summed E-state index contributed by atoms with van der Waals surface area (Å²) in [5.74, 6) is 0. The molecule has 1 aromatic rings. The zero-order valence-electron chi connectivity index (χ0n) is 8.83. The molecular formula is C11H15Cl3N2. The van der Waals surface area contributed by atoms with E-state index in [1.165, 1.54) is 0 Å². The smallest absolute Gasteiger partial charge is 0.0637 e. The van der Waals surface area contributed by atoms with Crippen molar-refractivity contribution < 1.29 is 0 Å². The fourth-order valence-electron chi connectivity index (χ4n) is 1.92. The highest BCUT2D eigenvalue weighted by Gasteiger charge is 2.19. The van der Waals surface area contributed by atoms with Crippen LogP contribution in [0, 0.1) is 0 Å². The van der Waals surface area contributed by atoms with Gasteiger partial charge in [0, 0.05) is 25.7 Å². The third-order valence-corrected chi connectivity index (χ3v) is 3.59. The standard InChI is InChI=1S/C11H14Cl2N2.ClH/c12-10-3-1-2-8(11(10)13)6-15-5-4-9(14)7-15;/h1-3,9H,4-7,14H2;1H/t9-;/m0./s1. The van der Waals surface area contributed by atoms with Crippen LogP contribution < -0.4 is 5.73 Å². The summed E-state index contributed by atoms with van der Waals surface area (Å²) in [6.45, 7) is 2.83. The lowest BCUT2D eigenvalue weighted by molar-refractivity contribution is 0.327. The van der Waals surface area contributed by atoms with Crippen LogP contribution in [0.5, 0.6) is 0 Å². The van der Waals surface area contributed by atoms with Crippen LogP contribution in [0.4, 0.5) is 0 Å². The van der Waals surface area contributed by atoms with Gasteiger partial charge in [0.05, 0.1) is 10.0 Å². The van der Waals surface area contributed by atoms with E-state index in [0.29, 0.717) is 16.1 Å². The minimum Gasteiger partial charge on any atom is -0.326 e. The summed E-state index contributed by atoms with van der Waals surface area (Å²) in [4.78, 5) is 2.31. The first-order chi connectivity index (χ1) is 7.16. The molecule has 2 rings (SSSR count). The van der Waals surface area contributed by atoms with Crippen LogP contribution in [0.15, 0.2) is 18.2 Å². The van der Waals surface area contributed by atoms with Crippen molar-refractivity contribution in [3.05, 3.63) is 33.8 Å². The molecule has 1 saturated heterocycles. The SMILES string of the molecule is Cl.N[C@H]1CCN(Cc2cccc(Cl)c2Cl)C1. The van der Waals surface area contributed by atoms with Crippen molar-refractivity contribution in [2.75, 3.05) is 13.1 Å². The molecule has 0 radical (unpaired) electrons. The lowest BCUT2D eigenvalue weighted by atomic mass is 10.2. The Morgan fingerprint density at radius 2 is 2.12 bits per heavy atom. The van der Waals surface area contributed by atoms with Crippen LogP contribution in [0.25, 0.3) is 0 Å². The molecule has 0 bridgehead atoms. The van der Waals surface area contributed by atoms with E-state index in [4.69, 9.17) is 28.9 Å². The van der Waals surface area contributed by atoms with Gasteiger partial charge in [-0.05, 0) is 18.1 Å². The first kappa shape index (κ1) is 14.1. The van der Waals surface area contributed by atoms with Gasteiger partial charge in [0.2, 0.25) is 0 Å². The van der Waals surface area contributed by atoms with Crippen LogP contribution in [0.1, 0.15) is 12.0 Å². The van der Waals surface area contributed by atoms with Gasteiger partial charge >= 0.3 is 0 Å². The largest absolute Gasteiger partial charge is 0.326 e. The normalized spacial score (nSPS) is 20.8. The number of nitrogens with zero attached hydrogens (tertiary/aromatic N) is 1. The molecule has 1 aromatic carbocycles. The molecular weight excluding hydrogens is 266 g/mol. The molecule has 1 aliphatic heterocycles. The van der Waals surface area contributed by atoms with Gasteiger partial charge in [-0.3, -0.25) is 4.90 Å². The van der Waals surface area contributed by atoms with Crippen molar-refractivity contribution >= 4 is 35.6 Å². The Labute approximate surface area is 112 Å². The third kappa shape index (κ3) is 3.25. The lowest BCUT2D eigenvalue weighted by Gasteiger charge is -2.16. The van der Waals surface area contributed by atoms with E-state index >= 15 is 0 Å². The molecule has 0 aliphatic carbocycles. The van der Waals surface area contributed by atoms with Gasteiger partial charge in [0.1, 0.15) is 0 Å². The first-order valence-corrected chi connectivity index (χ1v) is 5.83. The molecule has 16 heavy (non-hydrogen) atoms. The highest BCUT2D eigenvalue weighted by Crippen LogP contribution is 2.27. The van der Waals surface area contributed by atoms with Gasteiger partial charge in [-0.25, -0.2) is 0 Å². The van der Waals surface area contributed by atoms with Crippen molar-refractivity contribution in [1.29, 1.82) is 0 Å². The molecule has 2 N–H and O–H groups in total. The molecule has 1 heterocycles. The molecule has 1 aliphatic rings. The van der Waals surface area contributed by atoms with E-state index in [0.717, 1.165) is 31.6 Å². The van der Waals surface area contributed by atoms with Crippen molar-refractivity contribution in [2.24, 2.45) is 5.73 Å². The maximum absolute atomic E-state index is 6.12. The highest BCUT2D eigenvalue weighted by molar-refractivity contribution is 6.42. The maximum Gasteiger partial charge on any atom is 0.0637 e. The summed E-state index contributed by atoms with van der Waals surface area (Å²) in [5.41, 5.74) is 6.93. The third-order valence-electron chi connectivity index (χ3n) is 2.73. The van der Waals surface area contributed by atoms with Crippen LogP contribution >= 0.6 is 35.6 Å². The quantitative estimate of drug-likeness (QED) is 0.903. The predicted octanol–water partition coefficient (Wildman–Crippen LogP) is 2.95. The number of hydrogen-bond acceptors (Lipinski definition) is 2. The number of nitrogens with two attached hydrogens (primary N) is 1. The molecule has 1 atom stereocenters. The minimum atomic E-state index is 0. The predicted molar refractivity (Wildman–Crippen MR) is 71.6 cm³/mol. The lowest BCUT2D eigenvalue weighted by Crippen LogP contribution is -2.26. The zero-order valence-corrected chi connectivity index (χ0v) is 11.2. The van der Waals surface area contributed by atoms with E-state index in [-0.39, 0.29) is 12.4 Å². The number of likely N-dealkylation sites (tertiary alicyclic amines) is 1. The Balaban J connectivity index is 0.00000128. The summed E-state index contributed by atoms with van der Waals surface area (Å²) in [7, 11) is 0. The van der Waals surface area contributed by atoms with Crippen LogP contribution in [0.2, 0.25) is 10.0 Å². The van der Waals surface area contributed by atoms with Crippen molar-refractivity contribution in [3.8, 4) is 0 Å². The summed E-state index contributed by atoms with van der Waals surface area (Å²) >= 11 is 12.1. The second-order valence-corrected chi connectivity index (χ2v) is 4.78. The number of halogens is 3. The van der Waals surface area contributed by atoms with E-state index in [9.17, 15) is 0 Å². The monoisotopic (exact) mass is 280 g/mol. The van der Waals surface area contributed by atoms with Crippen LogP contribution in [-0.4, -0.2) is 24.0 Å². The second-order valence-electron chi connectivity index (χ2n) is 4.00. The Morgan fingerprint density at radius 3 is 2.75 bits per heavy atom. The van der Waals surface area contributed by atoms with Crippen LogP contribution in [-0.2, 0) is 6.54 Å². The van der Waals surface area contributed by atoms with Crippen molar-refractivity contribution in [3.63, 3.8) is 0 Å². The van der Waals surface area contributed by atoms with Crippen LogP contribution in [0.3, 0.4) is 0 Å². The average Bonchev–Trinajstić information content (AvgIpc) is 2.59. The fraction of sp³-hybridized carbons (Fsp3) is 0.455. The molecule has 0 amide bonds. The molecule has 1 fully saturated rings. The highest BCUT2D eigenvalue weighted by atomic mass is 35.5. The molecule has 0 unspecified atom stereocenters. The zero-order chi connectivity index (χ0) is 10.8. The molecule has 0 aromatic heterocycles. The summed E-state index contributed by atoms with van der Waals surface area (Å²) in [5, 5.41) is 1.29. The number of hydrogen-bond donors (Lipinski definition) is 1. The summed E-state index contributed by atoms with van der Waals surface area (Å²) < 4.78 is 0. The van der Waals surface area contributed by atoms with Crippen molar-refractivity contribution in [2.45, 2.75) is 19.0 Å². The molecule has 0 spiro atoms. The van der Waals surface area contributed by atoms with E-state index in [1.54, 1.807) is 0 Å². The Hall–Kier alpha value is 0.01000. The molecule has 0 saturated carbocycles. The van der Waals surface area contributed by atoms with E-state index < -0.39 is 0 Å². The second kappa shape index (κ2) is 6.08. The summed E-state index contributed by atoms with van der Waals surface area (Å²) in [6.07, 6.45) is 1.07. The first-order valence-electron chi connectivity index (χ1n) is 5.07. The van der Waals surface area contributed by atoms with Gasteiger partial charge in [0.15, 0.2) is 0 Å². The van der Waals surface area contributed by atoms with E-state index in [2.05, 4.69) is 4.90 Å². The molecule has 90 valence electrons. The topological polar surface area (TPSA) is 29.3 Å². The molecule has 2 nitrogen and oxygen atoms in total. The van der Waals surface area contributed by atoms with Crippen molar-refractivity contribution in [1.82, 2.24) is 4.90 Å². The Morgan fingerprint density at radius 1 is 1.38 bits per heavy atom. The number of rotatable bonds is 2. The Kier molecular flexibility index (Phi) is 5.35. The number of benzene rings is 1. The average molecular weight is 282 g/mol. The maximum atomic E-state index is 6.12. The molecule has 5 heteroatoms. The van der Waals surface area contributed by atoms with E-state index in [1.807, 2.05) is 18.2 Å². The van der Waals surface area contributed by atoms with Gasteiger partial charge in [-0.2, -0.15) is 0 Å². The summed E-state index contributed by atoms with van der Waals surface area (Å²) in [6, 6.07) is 6.06. The fourth-order valence-corrected chi connectivity index (χ4v) is 2.30. The Bertz CT molecular complexity index is 357. The van der Waals surface area contributed by atoms with Gasteiger partial charge in [0.25, 0.3) is 0 Å². The van der Waals surface area contributed by atoms with Gasteiger partial charge in [-0.1, -0.05) is 35.3 Å². The van der Waals surface area contributed by atoms with Gasteiger partial charge in [-0.15, -0.1) is 12.4 Å². The van der Waals surface area contributed by atoms with Gasteiger partial charge < -0.3 is 5.73 Å². The minimum absolute atomic E-state index is 0.